The second-order valence-corrected chi connectivity index (χ2v) is 8.63. The highest BCUT2D eigenvalue weighted by atomic mass is 79.9. The SMILES string of the molecule is Cc1sc(N/N=C\c2ccc(OC(C)C)c(Br)c2)nc1-c1cccs1. The molecule has 4 nitrogen and oxygen atoms in total. The molecule has 1 N–H and O–H groups in total. The van der Waals surface area contributed by atoms with Gasteiger partial charge in [-0.2, -0.15) is 5.10 Å². The van der Waals surface area contributed by atoms with Crippen LogP contribution in [0.15, 0.2) is 45.3 Å². The van der Waals surface area contributed by atoms with E-state index in [2.05, 4.69) is 49.8 Å². The molecule has 3 rings (SSSR count). The van der Waals surface area contributed by atoms with Gasteiger partial charge in [-0.1, -0.05) is 6.07 Å². The van der Waals surface area contributed by atoms with Crippen molar-refractivity contribution in [2.45, 2.75) is 26.9 Å². The fourth-order valence-electron chi connectivity index (χ4n) is 2.20. The Morgan fingerprint density at radius 2 is 2.16 bits per heavy atom. The van der Waals surface area contributed by atoms with Crippen molar-refractivity contribution in [3.63, 3.8) is 0 Å². The molecule has 7 heteroatoms. The zero-order chi connectivity index (χ0) is 17.8. The maximum Gasteiger partial charge on any atom is 0.204 e. The first-order valence-corrected chi connectivity index (χ1v) is 10.3. The number of benzene rings is 1. The maximum absolute atomic E-state index is 5.71. The van der Waals surface area contributed by atoms with Gasteiger partial charge in [0.25, 0.3) is 0 Å². The first kappa shape index (κ1) is 18.1. The standard InChI is InChI=1S/C18H18BrN3OS2/c1-11(2)23-15-7-6-13(9-14(15)19)10-20-22-18-21-17(12(3)25-18)16-5-4-8-24-16/h4-11H,1-3H3,(H,21,22)/b20-10-. The van der Waals surface area contributed by atoms with Gasteiger partial charge in [-0.05, 0) is 71.9 Å². The van der Waals surface area contributed by atoms with Gasteiger partial charge in [0.15, 0.2) is 0 Å². The Balaban J connectivity index is 1.67. The number of ether oxygens (including phenoxy) is 1. The van der Waals surface area contributed by atoms with Crippen LogP contribution in [0.25, 0.3) is 10.6 Å². The Morgan fingerprint density at radius 3 is 2.84 bits per heavy atom. The zero-order valence-electron chi connectivity index (χ0n) is 14.1. The van der Waals surface area contributed by atoms with Gasteiger partial charge in [-0.15, -0.1) is 22.7 Å². The van der Waals surface area contributed by atoms with E-state index in [1.807, 2.05) is 38.1 Å². The number of halogens is 1. The highest BCUT2D eigenvalue weighted by Gasteiger charge is 2.10. The van der Waals surface area contributed by atoms with E-state index in [1.165, 1.54) is 9.75 Å². The molecule has 0 aliphatic heterocycles. The van der Waals surface area contributed by atoms with E-state index < -0.39 is 0 Å². The smallest absolute Gasteiger partial charge is 0.204 e. The molecule has 0 saturated carbocycles. The van der Waals surface area contributed by atoms with E-state index in [0.717, 1.165) is 26.6 Å². The van der Waals surface area contributed by atoms with Crippen LogP contribution in [0.1, 0.15) is 24.3 Å². The molecule has 1 aromatic carbocycles. The fourth-order valence-corrected chi connectivity index (χ4v) is 4.30. The Hall–Kier alpha value is -1.70. The molecule has 0 bridgehead atoms. The van der Waals surface area contributed by atoms with Crippen molar-refractivity contribution < 1.29 is 4.74 Å². The summed E-state index contributed by atoms with van der Waals surface area (Å²) in [6.07, 6.45) is 1.91. The lowest BCUT2D eigenvalue weighted by atomic mass is 10.2. The summed E-state index contributed by atoms with van der Waals surface area (Å²) < 4.78 is 6.62. The number of rotatable bonds is 6. The predicted octanol–water partition coefficient (Wildman–Crippen LogP) is 6.18. The Kier molecular flexibility index (Phi) is 5.88. The summed E-state index contributed by atoms with van der Waals surface area (Å²) in [6.45, 7) is 6.09. The molecule has 0 amide bonds. The minimum Gasteiger partial charge on any atom is -0.490 e. The molecule has 3 aromatic rings. The molecule has 0 spiro atoms. The summed E-state index contributed by atoms with van der Waals surface area (Å²) in [5.41, 5.74) is 5.02. The average molecular weight is 436 g/mol. The predicted molar refractivity (Wildman–Crippen MR) is 111 cm³/mol. The lowest BCUT2D eigenvalue weighted by Gasteiger charge is -2.11. The number of aryl methyl sites for hydroxylation is 1. The zero-order valence-corrected chi connectivity index (χ0v) is 17.3. The summed E-state index contributed by atoms with van der Waals surface area (Å²) in [6, 6.07) is 10.0. The minimum absolute atomic E-state index is 0.142. The van der Waals surface area contributed by atoms with E-state index in [9.17, 15) is 0 Å². The van der Waals surface area contributed by atoms with Gasteiger partial charge in [0.05, 0.1) is 27.4 Å². The second kappa shape index (κ2) is 8.12. The molecule has 25 heavy (non-hydrogen) atoms. The third-order valence-corrected chi connectivity index (χ3v) is 5.62. The molecular weight excluding hydrogens is 418 g/mol. The molecular formula is C18H18BrN3OS2. The number of hydrazone groups is 1. The van der Waals surface area contributed by atoms with Crippen molar-refractivity contribution >= 4 is 49.9 Å². The molecule has 0 aliphatic carbocycles. The number of nitrogens with one attached hydrogen (secondary N) is 1. The number of hydrogen-bond acceptors (Lipinski definition) is 6. The van der Waals surface area contributed by atoms with Gasteiger partial charge in [0, 0.05) is 4.88 Å². The van der Waals surface area contributed by atoms with E-state index in [1.54, 1.807) is 28.9 Å². The highest BCUT2D eigenvalue weighted by Crippen LogP contribution is 2.33. The van der Waals surface area contributed by atoms with Gasteiger partial charge >= 0.3 is 0 Å². The van der Waals surface area contributed by atoms with E-state index in [0.29, 0.717) is 0 Å². The van der Waals surface area contributed by atoms with Crippen molar-refractivity contribution in [3.05, 3.63) is 50.6 Å². The first-order valence-electron chi connectivity index (χ1n) is 7.79. The summed E-state index contributed by atoms with van der Waals surface area (Å²) in [5, 5.41) is 7.14. The molecule has 2 heterocycles. The van der Waals surface area contributed by atoms with Crippen LogP contribution >= 0.6 is 38.6 Å². The summed E-state index contributed by atoms with van der Waals surface area (Å²) in [4.78, 5) is 6.98. The molecule has 0 radical (unpaired) electrons. The van der Waals surface area contributed by atoms with Crippen LogP contribution in [0.5, 0.6) is 5.75 Å². The lowest BCUT2D eigenvalue weighted by molar-refractivity contribution is 0.241. The van der Waals surface area contributed by atoms with Gasteiger partial charge in [0.1, 0.15) is 5.75 Å². The Bertz CT molecular complexity index is 873. The Morgan fingerprint density at radius 1 is 1.32 bits per heavy atom. The highest BCUT2D eigenvalue weighted by molar-refractivity contribution is 9.10. The molecule has 0 unspecified atom stereocenters. The molecule has 0 atom stereocenters. The fraction of sp³-hybridized carbons (Fsp3) is 0.222. The van der Waals surface area contributed by atoms with Gasteiger partial charge in [-0.3, -0.25) is 5.43 Å². The van der Waals surface area contributed by atoms with Gasteiger partial charge in [-0.25, -0.2) is 4.98 Å². The van der Waals surface area contributed by atoms with E-state index in [-0.39, 0.29) is 6.10 Å². The van der Waals surface area contributed by atoms with Gasteiger partial charge in [0.2, 0.25) is 5.13 Å². The van der Waals surface area contributed by atoms with E-state index in [4.69, 9.17) is 4.74 Å². The average Bonchev–Trinajstić information content (AvgIpc) is 3.19. The minimum atomic E-state index is 0.142. The van der Waals surface area contributed by atoms with E-state index >= 15 is 0 Å². The van der Waals surface area contributed by atoms with Crippen LogP contribution in [-0.2, 0) is 0 Å². The van der Waals surface area contributed by atoms with Crippen LogP contribution in [0.4, 0.5) is 5.13 Å². The quantitative estimate of drug-likeness (QED) is 0.371. The lowest BCUT2D eigenvalue weighted by Crippen LogP contribution is -2.06. The summed E-state index contributed by atoms with van der Waals surface area (Å²) >= 11 is 6.82. The molecule has 130 valence electrons. The normalized spacial score (nSPS) is 11.4. The van der Waals surface area contributed by atoms with Crippen molar-refractivity contribution in [2.24, 2.45) is 5.10 Å². The largest absolute Gasteiger partial charge is 0.490 e. The third kappa shape index (κ3) is 4.68. The van der Waals surface area contributed by atoms with Crippen molar-refractivity contribution in [3.8, 4) is 16.3 Å². The number of anilines is 1. The molecule has 2 aromatic heterocycles. The number of thiazole rings is 1. The number of thiophene rings is 1. The molecule has 0 fully saturated rings. The number of nitrogens with zero attached hydrogens (tertiary/aromatic N) is 2. The maximum atomic E-state index is 5.71. The van der Waals surface area contributed by atoms with Gasteiger partial charge < -0.3 is 4.74 Å². The second-order valence-electron chi connectivity index (χ2n) is 5.63. The monoisotopic (exact) mass is 435 g/mol. The Labute approximate surface area is 163 Å². The number of hydrogen-bond donors (Lipinski definition) is 1. The van der Waals surface area contributed by atoms with Crippen LogP contribution < -0.4 is 10.2 Å². The van der Waals surface area contributed by atoms with Crippen LogP contribution in [0.2, 0.25) is 0 Å². The summed E-state index contributed by atoms with van der Waals surface area (Å²) in [7, 11) is 0. The summed E-state index contributed by atoms with van der Waals surface area (Å²) in [5.74, 6) is 0.830. The van der Waals surface area contributed by atoms with Crippen LogP contribution in [0.3, 0.4) is 0 Å². The molecule has 0 saturated heterocycles. The van der Waals surface area contributed by atoms with Crippen molar-refractivity contribution in [1.29, 1.82) is 0 Å². The number of aromatic nitrogens is 1. The third-order valence-electron chi connectivity index (χ3n) is 3.24. The van der Waals surface area contributed by atoms with Crippen molar-refractivity contribution in [1.82, 2.24) is 4.98 Å². The van der Waals surface area contributed by atoms with Crippen molar-refractivity contribution in [2.75, 3.05) is 5.43 Å². The van der Waals surface area contributed by atoms with Crippen LogP contribution in [0, 0.1) is 6.92 Å². The molecule has 0 aliphatic rings. The topological polar surface area (TPSA) is 46.5 Å². The first-order chi connectivity index (χ1) is 12.0. The van der Waals surface area contributed by atoms with Crippen LogP contribution in [-0.4, -0.2) is 17.3 Å².